The van der Waals surface area contributed by atoms with Crippen LogP contribution in [0, 0.1) is 5.92 Å². The minimum absolute atomic E-state index is 0.227. The van der Waals surface area contributed by atoms with Crippen LogP contribution in [-0.4, -0.2) is 23.5 Å². The lowest BCUT2D eigenvalue weighted by Crippen LogP contribution is -2.47. The van der Waals surface area contributed by atoms with Crippen LogP contribution in [0.25, 0.3) is 0 Å². The summed E-state index contributed by atoms with van der Waals surface area (Å²) in [6.07, 6.45) is -4.46. The summed E-state index contributed by atoms with van der Waals surface area (Å²) in [5, 5.41) is 3.01. The van der Waals surface area contributed by atoms with E-state index in [1.807, 2.05) is 0 Å². The average Bonchev–Trinajstić information content (AvgIpc) is 3.08. The van der Waals surface area contributed by atoms with Gasteiger partial charge in [-0.2, -0.15) is 13.2 Å². The van der Waals surface area contributed by atoms with Gasteiger partial charge in [0.25, 0.3) is 5.91 Å². The van der Waals surface area contributed by atoms with Crippen molar-refractivity contribution in [2.75, 3.05) is 11.9 Å². The van der Waals surface area contributed by atoms with Crippen LogP contribution in [0.15, 0.2) is 40.8 Å². The van der Waals surface area contributed by atoms with Crippen molar-refractivity contribution < 1.29 is 22.4 Å². The fraction of sp³-hybridized carbons (Fsp3) is 0.389. The Balaban J connectivity index is 1.70. The summed E-state index contributed by atoms with van der Waals surface area (Å²) in [4.78, 5) is 13.4. The van der Waals surface area contributed by atoms with Crippen molar-refractivity contribution >= 4 is 11.6 Å². The van der Waals surface area contributed by atoms with E-state index in [2.05, 4.69) is 12.2 Å². The molecule has 1 fully saturated rings. The number of furan rings is 1. The van der Waals surface area contributed by atoms with Crippen LogP contribution in [0.1, 0.15) is 47.3 Å². The van der Waals surface area contributed by atoms with Crippen molar-refractivity contribution in [3.63, 3.8) is 0 Å². The molecule has 25 heavy (non-hydrogen) atoms. The number of amides is 1. The molecule has 0 bridgehead atoms. The summed E-state index contributed by atoms with van der Waals surface area (Å²) in [5.41, 5.74) is 0.735. The molecule has 2 aliphatic rings. The monoisotopic (exact) mass is 350 g/mol. The Morgan fingerprint density at radius 3 is 2.56 bits per heavy atom. The maximum atomic E-state index is 13.0. The minimum Gasteiger partial charge on any atom is -0.462 e. The van der Waals surface area contributed by atoms with Crippen molar-refractivity contribution in [1.82, 2.24) is 4.90 Å². The molecular formula is C18H17F3N2O2. The molecule has 1 aliphatic carbocycles. The highest BCUT2D eigenvalue weighted by Gasteiger charge is 2.43. The van der Waals surface area contributed by atoms with Gasteiger partial charge < -0.3 is 14.6 Å². The lowest BCUT2D eigenvalue weighted by atomic mass is 10.1. The van der Waals surface area contributed by atoms with Gasteiger partial charge in [-0.25, -0.2) is 0 Å². The first-order chi connectivity index (χ1) is 11.8. The van der Waals surface area contributed by atoms with E-state index in [0.29, 0.717) is 23.3 Å². The summed E-state index contributed by atoms with van der Waals surface area (Å²) >= 11 is 0. The zero-order valence-corrected chi connectivity index (χ0v) is 13.5. The number of nitrogens with zero attached hydrogens (tertiary/aromatic N) is 1. The average molecular weight is 350 g/mol. The standard InChI is InChI=1S/C18H17F3N2O2/c1-10-8-12(10)14-6-7-15(25-14)16-22-13-5-3-2-4-11(13)17(24)23(16)9-18(19,20)21/h2-7,10,12,16,22H,8-9H2,1H3/t10-,12+,16+/m1/s1. The van der Waals surface area contributed by atoms with Crippen LogP contribution < -0.4 is 5.32 Å². The molecule has 1 aromatic carbocycles. The molecule has 4 rings (SSSR count). The molecule has 1 saturated carbocycles. The number of fused-ring (bicyclic) bond motifs is 1. The van der Waals surface area contributed by atoms with E-state index in [4.69, 9.17) is 4.42 Å². The number of carbonyl (C=O) groups is 1. The van der Waals surface area contributed by atoms with Crippen molar-refractivity contribution in [3.05, 3.63) is 53.5 Å². The number of anilines is 1. The molecule has 2 aromatic rings. The molecule has 0 unspecified atom stereocenters. The Labute approximate surface area is 142 Å². The number of nitrogens with one attached hydrogen (secondary N) is 1. The third kappa shape index (κ3) is 2.99. The predicted molar refractivity (Wildman–Crippen MR) is 85.1 cm³/mol. The molecule has 7 heteroatoms. The maximum Gasteiger partial charge on any atom is 0.406 e. The predicted octanol–water partition coefficient (Wildman–Crippen LogP) is 4.53. The Bertz CT molecular complexity index is 815. The molecule has 2 heterocycles. The van der Waals surface area contributed by atoms with Gasteiger partial charge in [0.2, 0.25) is 0 Å². The molecule has 4 nitrogen and oxygen atoms in total. The molecule has 0 spiro atoms. The van der Waals surface area contributed by atoms with Gasteiger partial charge in [-0.3, -0.25) is 4.79 Å². The quantitative estimate of drug-likeness (QED) is 0.884. The molecular weight excluding hydrogens is 333 g/mol. The Kier molecular flexibility index (Phi) is 3.56. The van der Waals surface area contributed by atoms with Gasteiger partial charge in [0, 0.05) is 11.6 Å². The lowest BCUT2D eigenvalue weighted by molar-refractivity contribution is -0.144. The van der Waals surface area contributed by atoms with E-state index in [1.54, 1.807) is 30.3 Å². The van der Waals surface area contributed by atoms with Crippen LogP contribution in [-0.2, 0) is 0 Å². The third-order valence-electron chi connectivity index (χ3n) is 4.76. The van der Waals surface area contributed by atoms with E-state index in [0.717, 1.165) is 17.1 Å². The number of hydrogen-bond donors (Lipinski definition) is 1. The fourth-order valence-corrected chi connectivity index (χ4v) is 3.31. The van der Waals surface area contributed by atoms with Crippen LogP contribution >= 0.6 is 0 Å². The molecule has 0 saturated heterocycles. The first-order valence-electron chi connectivity index (χ1n) is 8.16. The number of carbonyl (C=O) groups excluding carboxylic acids is 1. The largest absolute Gasteiger partial charge is 0.462 e. The number of para-hydroxylation sites is 1. The van der Waals surface area contributed by atoms with Gasteiger partial charge in [0.15, 0.2) is 6.17 Å². The van der Waals surface area contributed by atoms with Crippen LogP contribution in [0.2, 0.25) is 0 Å². The third-order valence-corrected chi connectivity index (χ3v) is 4.76. The SMILES string of the molecule is C[C@@H]1C[C@@H]1c1ccc([C@H]2Nc3ccccc3C(=O)N2CC(F)(F)F)o1. The topological polar surface area (TPSA) is 45.5 Å². The zero-order chi connectivity index (χ0) is 17.8. The van der Waals surface area contributed by atoms with Crippen molar-refractivity contribution in [2.24, 2.45) is 5.92 Å². The number of rotatable bonds is 3. The highest BCUT2D eigenvalue weighted by atomic mass is 19.4. The van der Waals surface area contributed by atoms with Gasteiger partial charge in [-0.15, -0.1) is 0 Å². The molecule has 1 aromatic heterocycles. The van der Waals surface area contributed by atoms with E-state index in [-0.39, 0.29) is 5.56 Å². The van der Waals surface area contributed by atoms with Gasteiger partial charge in [-0.1, -0.05) is 19.1 Å². The summed E-state index contributed by atoms with van der Waals surface area (Å²) < 4.78 is 44.9. The second-order valence-corrected chi connectivity index (χ2v) is 6.70. The van der Waals surface area contributed by atoms with E-state index < -0.39 is 24.8 Å². The van der Waals surface area contributed by atoms with Crippen LogP contribution in [0.5, 0.6) is 0 Å². The smallest absolute Gasteiger partial charge is 0.406 e. The Morgan fingerprint density at radius 2 is 1.88 bits per heavy atom. The Hall–Kier alpha value is -2.44. The van der Waals surface area contributed by atoms with E-state index in [9.17, 15) is 18.0 Å². The summed E-state index contributed by atoms with van der Waals surface area (Å²) in [7, 11) is 0. The first kappa shape index (κ1) is 16.1. The molecule has 132 valence electrons. The fourth-order valence-electron chi connectivity index (χ4n) is 3.31. The van der Waals surface area contributed by atoms with Crippen molar-refractivity contribution in [3.8, 4) is 0 Å². The van der Waals surface area contributed by atoms with Gasteiger partial charge in [-0.05, 0) is 36.6 Å². The van der Waals surface area contributed by atoms with Gasteiger partial charge in [0.1, 0.15) is 18.1 Å². The summed E-state index contributed by atoms with van der Waals surface area (Å²) in [6, 6.07) is 10.0. The normalized spacial score (nSPS) is 25.5. The van der Waals surface area contributed by atoms with E-state index >= 15 is 0 Å². The number of benzene rings is 1. The number of hydrogen-bond acceptors (Lipinski definition) is 3. The molecule has 1 aliphatic heterocycles. The maximum absolute atomic E-state index is 13.0. The highest BCUT2D eigenvalue weighted by Crippen LogP contribution is 2.48. The number of halogens is 3. The van der Waals surface area contributed by atoms with Crippen LogP contribution in [0.3, 0.4) is 0 Å². The highest BCUT2D eigenvalue weighted by molar-refractivity contribution is 6.01. The van der Waals surface area contributed by atoms with Gasteiger partial charge in [0.05, 0.1) is 5.56 Å². The second kappa shape index (κ2) is 5.54. The van der Waals surface area contributed by atoms with Crippen molar-refractivity contribution in [2.45, 2.75) is 31.6 Å². The minimum atomic E-state index is -4.50. The molecule has 1 N–H and O–H groups in total. The molecule has 1 amide bonds. The molecule has 0 radical (unpaired) electrons. The molecule has 3 atom stereocenters. The second-order valence-electron chi connectivity index (χ2n) is 6.70. The van der Waals surface area contributed by atoms with Crippen LogP contribution in [0.4, 0.5) is 18.9 Å². The summed E-state index contributed by atoms with van der Waals surface area (Å²) in [5.74, 6) is 1.27. The zero-order valence-electron chi connectivity index (χ0n) is 13.5. The number of alkyl halides is 3. The summed E-state index contributed by atoms with van der Waals surface area (Å²) in [6.45, 7) is 0.759. The van der Waals surface area contributed by atoms with E-state index in [1.165, 1.54) is 6.07 Å². The van der Waals surface area contributed by atoms with Crippen molar-refractivity contribution in [1.29, 1.82) is 0 Å². The lowest BCUT2D eigenvalue weighted by Gasteiger charge is -2.37. The van der Waals surface area contributed by atoms with Gasteiger partial charge >= 0.3 is 6.18 Å². The first-order valence-corrected chi connectivity index (χ1v) is 8.16. The Morgan fingerprint density at radius 1 is 1.20 bits per heavy atom.